The summed E-state index contributed by atoms with van der Waals surface area (Å²) in [5.74, 6) is -0.646. The summed E-state index contributed by atoms with van der Waals surface area (Å²) < 4.78 is 5.20. The van der Waals surface area contributed by atoms with Gasteiger partial charge < -0.3 is 20.3 Å². The van der Waals surface area contributed by atoms with Crippen LogP contribution in [0.5, 0.6) is 5.75 Å². The van der Waals surface area contributed by atoms with Gasteiger partial charge in [-0.2, -0.15) is 0 Å². The van der Waals surface area contributed by atoms with Gasteiger partial charge in [0.2, 0.25) is 0 Å². The first-order valence-electron chi connectivity index (χ1n) is 4.99. The van der Waals surface area contributed by atoms with Gasteiger partial charge >= 0.3 is 12.1 Å². The molecule has 0 aliphatic carbocycles. The van der Waals surface area contributed by atoms with Gasteiger partial charge in [0.05, 0.1) is 6.61 Å². The highest BCUT2D eigenvalue weighted by atomic mass is 16.5. The molecule has 0 heterocycles. The summed E-state index contributed by atoms with van der Waals surface area (Å²) in [7, 11) is 0. The molecule has 0 aromatic heterocycles. The molecule has 1 unspecified atom stereocenters. The largest absolute Gasteiger partial charge is 0.494 e. The molecule has 6 heteroatoms. The Balaban J connectivity index is 2.87. The predicted molar refractivity (Wildman–Crippen MR) is 59.1 cm³/mol. The maximum Gasteiger partial charge on any atom is 0.405 e. The number of hydrogen-bond donors (Lipinski definition) is 3. The SMILES string of the molecule is CCOc1ccc(C(NC(=O)O)C(=O)O)cc1. The third-order valence-electron chi connectivity index (χ3n) is 2.04. The van der Waals surface area contributed by atoms with Crippen molar-refractivity contribution in [1.29, 1.82) is 0 Å². The molecule has 1 rings (SSSR count). The van der Waals surface area contributed by atoms with Crippen molar-refractivity contribution in [1.82, 2.24) is 5.32 Å². The van der Waals surface area contributed by atoms with Crippen LogP contribution in [0.1, 0.15) is 18.5 Å². The Labute approximate surface area is 97.8 Å². The van der Waals surface area contributed by atoms with Gasteiger partial charge in [-0.25, -0.2) is 9.59 Å². The van der Waals surface area contributed by atoms with Crippen molar-refractivity contribution < 1.29 is 24.5 Å². The molecule has 1 atom stereocenters. The van der Waals surface area contributed by atoms with Crippen LogP contribution in [0.15, 0.2) is 24.3 Å². The smallest absolute Gasteiger partial charge is 0.405 e. The van der Waals surface area contributed by atoms with E-state index in [-0.39, 0.29) is 0 Å². The number of nitrogens with one attached hydrogen (secondary N) is 1. The molecule has 0 fully saturated rings. The second-order valence-electron chi connectivity index (χ2n) is 3.22. The minimum atomic E-state index is -1.38. The highest BCUT2D eigenvalue weighted by Crippen LogP contribution is 2.18. The molecule has 92 valence electrons. The number of aliphatic carboxylic acids is 1. The minimum absolute atomic E-state index is 0.350. The van der Waals surface area contributed by atoms with E-state index in [9.17, 15) is 9.59 Å². The molecule has 0 bridgehead atoms. The fourth-order valence-electron chi connectivity index (χ4n) is 1.33. The first-order valence-corrected chi connectivity index (χ1v) is 4.99. The second kappa shape index (κ2) is 5.74. The molecule has 1 amide bonds. The Morgan fingerprint density at radius 3 is 2.29 bits per heavy atom. The summed E-state index contributed by atoms with van der Waals surface area (Å²) in [6.07, 6.45) is -1.38. The van der Waals surface area contributed by atoms with Crippen molar-refractivity contribution >= 4 is 12.1 Å². The van der Waals surface area contributed by atoms with Crippen molar-refractivity contribution in [3.8, 4) is 5.75 Å². The quantitative estimate of drug-likeness (QED) is 0.723. The zero-order valence-electron chi connectivity index (χ0n) is 9.21. The summed E-state index contributed by atoms with van der Waals surface area (Å²) in [6.45, 7) is 2.34. The first kappa shape index (κ1) is 12.8. The predicted octanol–water partition coefficient (Wildman–Crippen LogP) is 1.48. The molecule has 0 saturated heterocycles. The minimum Gasteiger partial charge on any atom is -0.494 e. The van der Waals surface area contributed by atoms with Crippen molar-refractivity contribution in [2.45, 2.75) is 13.0 Å². The van der Waals surface area contributed by atoms with Crippen LogP contribution in [0, 0.1) is 0 Å². The number of amides is 1. The fraction of sp³-hybridized carbons (Fsp3) is 0.273. The summed E-state index contributed by atoms with van der Waals surface area (Å²) in [5.41, 5.74) is 0.350. The summed E-state index contributed by atoms with van der Waals surface area (Å²) in [5, 5.41) is 19.3. The van der Waals surface area contributed by atoms with Crippen molar-refractivity contribution in [3.63, 3.8) is 0 Å². The standard InChI is InChI=1S/C11H13NO5/c1-2-17-8-5-3-7(4-6-8)9(10(13)14)12-11(15)16/h3-6,9,12H,2H2,1H3,(H,13,14)(H,15,16). The van der Waals surface area contributed by atoms with Crippen molar-refractivity contribution in [2.75, 3.05) is 6.61 Å². The van der Waals surface area contributed by atoms with E-state index in [1.54, 1.807) is 12.1 Å². The second-order valence-corrected chi connectivity index (χ2v) is 3.22. The van der Waals surface area contributed by atoms with E-state index < -0.39 is 18.1 Å². The van der Waals surface area contributed by atoms with Gasteiger partial charge in [-0.15, -0.1) is 0 Å². The van der Waals surface area contributed by atoms with Gasteiger partial charge in [-0.3, -0.25) is 0 Å². The van der Waals surface area contributed by atoms with Gasteiger partial charge in [0.25, 0.3) is 0 Å². The van der Waals surface area contributed by atoms with E-state index in [4.69, 9.17) is 14.9 Å². The van der Waals surface area contributed by atoms with Crippen LogP contribution in [0.3, 0.4) is 0 Å². The zero-order valence-corrected chi connectivity index (χ0v) is 9.21. The van der Waals surface area contributed by atoms with Gasteiger partial charge in [-0.1, -0.05) is 12.1 Å². The average Bonchev–Trinajstić information content (AvgIpc) is 2.27. The molecular formula is C11H13NO5. The van der Waals surface area contributed by atoms with Crippen LogP contribution in [0.2, 0.25) is 0 Å². The Bertz CT molecular complexity index is 401. The number of benzene rings is 1. The molecule has 0 radical (unpaired) electrons. The normalized spacial score (nSPS) is 11.6. The first-order chi connectivity index (χ1) is 8.04. The van der Waals surface area contributed by atoms with E-state index in [2.05, 4.69) is 0 Å². The molecule has 6 nitrogen and oxygen atoms in total. The molecule has 1 aromatic rings. The fourth-order valence-corrected chi connectivity index (χ4v) is 1.33. The molecule has 0 aliphatic rings. The van der Waals surface area contributed by atoms with Crippen molar-refractivity contribution in [2.24, 2.45) is 0 Å². The molecular weight excluding hydrogens is 226 g/mol. The Hall–Kier alpha value is -2.24. The van der Waals surface area contributed by atoms with Gasteiger partial charge in [-0.05, 0) is 24.6 Å². The van der Waals surface area contributed by atoms with E-state index in [1.807, 2.05) is 12.2 Å². The van der Waals surface area contributed by atoms with Crippen LogP contribution in [0.25, 0.3) is 0 Å². The highest BCUT2D eigenvalue weighted by molar-refractivity contribution is 5.80. The Kier molecular flexibility index (Phi) is 4.33. The summed E-state index contributed by atoms with van der Waals surface area (Å²) >= 11 is 0. The van der Waals surface area contributed by atoms with E-state index in [0.29, 0.717) is 17.9 Å². The lowest BCUT2D eigenvalue weighted by atomic mass is 10.1. The third kappa shape index (κ3) is 3.67. The molecule has 0 saturated carbocycles. The van der Waals surface area contributed by atoms with E-state index in [1.165, 1.54) is 12.1 Å². The highest BCUT2D eigenvalue weighted by Gasteiger charge is 2.21. The van der Waals surface area contributed by atoms with Crippen LogP contribution >= 0.6 is 0 Å². The number of carboxylic acids is 1. The van der Waals surface area contributed by atoms with Gasteiger partial charge in [0.1, 0.15) is 5.75 Å². The number of hydrogen-bond acceptors (Lipinski definition) is 3. The topological polar surface area (TPSA) is 95.9 Å². The maximum atomic E-state index is 10.9. The lowest BCUT2D eigenvalue weighted by Gasteiger charge is -2.13. The molecule has 0 aliphatic heterocycles. The average molecular weight is 239 g/mol. The lowest BCUT2D eigenvalue weighted by molar-refractivity contribution is -0.139. The number of carboxylic acid groups (broad SMARTS) is 2. The van der Waals surface area contributed by atoms with Crippen LogP contribution in [-0.4, -0.2) is 28.9 Å². The lowest BCUT2D eigenvalue weighted by Crippen LogP contribution is -2.32. The Morgan fingerprint density at radius 1 is 1.29 bits per heavy atom. The van der Waals surface area contributed by atoms with Crippen LogP contribution in [0.4, 0.5) is 4.79 Å². The van der Waals surface area contributed by atoms with Gasteiger partial charge in [0.15, 0.2) is 6.04 Å². The number of carbonyl (C=O) groups is 2. The van der Waals surface area contributed by atoms with Crippen molar-refractivity contribution in [3.05, 3.63) is 29.8 Å². The summed E-state index contributed by atoms with van der Waals surface area (Å²) in [4.78, 5) is 21.3. The van der Waals surface area contributed by atoms with E-state index in [0.717, 1.165) is 0 Å². The molecule has 0 spiro atoms. The zero-order chi connectivity index (χ0) is 12.8. The maximum absolute atomic E-state index is 10.9. The molecule has 1 aromatic carbocycles. The van der Waals surface area contributed by atoms with Gasteiger partial charge in [0, 0.05) is 0 Å². The molecule has 3 N–H and O–H groups in total. The van der Waals surface area contributed by atoms with E-state index >= 15 is 0 Å². The number of ether oxygens (including phenoxy) is 1. The summed E-state index contributed by atoms with van der Waals surface area (Å²) in [6, 6.07) is 4.94. The third-order valence-corrected chi connectivity index (χ3v) is 2.04. The van der Waals surface area contributed by atoms with Crippen LogP contribution in [-0.2, 0) is 4.79 Å². The monoisotopic (exact) mass is 239 g/mol. The molecule has 17 heavy (non-hydrogen) atoms. The number of rotatable bonds is 5. The van der Waals surface area contributed by atoms with Crippen LogP contribution < -0.4 is 10.1 Å². The Morgan fingerprint density at radius 2 is 1.88 bits per heavy atom.